The monoisotopic (exact) mass is 699 g/mol. The maximum Gasteiger partial charge on any atom is 0.283 e. The molecule has 19 heteroatoms. The van der Waals surface area contributed by atoms with Crippen LogP contribution < -0.4 is 0 Å². The fourth-order valence-electron chi connectivity index (χ4n) is 5.94. The molecule has 0 N–H and O–H groups in total. The molecule has 0 radical (unpaired) electrons. The van der Waals surface area contributed by atoms with Crippen LogP contribution in [-0.2, 0) is 42.2 Å². The molecule has 0 saturated carbocycles. The third-order valence-electron chi connectivity index (χ3n) is 8.34. The van der Waals surface area contributed by atoms with Gasteiger partial charge in [0.05, 0.1) is 99.1 Å². The van der Waals surface area contributed by atoms with Crippen molar-refractivity contribution in [3.63, 3.8) is 0 Å². The molecular formula is C26H52N7O9P3. The summed E-state index contributed by atoms with van der Waals surface area (Å²) in [5.41, 5.74) is 0. The molecule has 260 valence electrons. The molecule has 2 bridgehead atoms. The van der Waals surface area contributed by atoms with Crippen LogP contribution in [-0.4, -0.2) is 177 Å². The highest BCUT2D eigenvalue weighted by Crippen LogP contribution is 2.82. The van der Waals surface area contributed by atoms with Crippen molar-refractivity contribution in [1.29, 1.82) is 0 Å². The summed E-state index contributed by atoms with van der Waals surface area (Å²) in [6.45, 7) is 14.8. The summed E-state index contributed by atoms with van der Waals surface area (Å²) in [4.78, 5) is 0. The zero-order valence-corrected chi connectivity index (χ0v) is 29.2. The SMILES string of the molecule is C1CCOP2(N3CCOCC3)=NP(N3CCOCC3)(=NP(N3CCOCC3)(N3CCOCC3)=N2)OCCOCCOCCOC1. The zero-order chi connectivity index (χ0) is 30.7. The van der Waals surface area contributed by atoms with Gasteiger partial charge in [-0.15, -0.1) is 0 Å². The standard InChI is InChI=1S/C26H52N7O9P3/c1-2-12-41-44(32-7-17-37-18-8-32)27-43(30-3-13-35-14-4-30,31-5-15-36-16-6-31)28-45(29-44,33-9-19-38-20-10-33)42-26-25-40-24-23-39-22-21-34-11-1/h1-26H2. The van der Waals surface area contributed by atoms with Gasteiger partial charge in [-0.2, -0.15) is 13.5 Å². The van der Waals surface area contributed by atoms with E-state index in [1.807, 2.05) is 0 Å². The van der Waals surface area contributed by atoms with Crippen LogP contribution >= 0.6 is 22.7 Å². The molecule has 0 spiro atoms. The Morgan fingerprint density at radius 2 is 0.667 bits per heavy atom. The predicted octanol–water partition coefficient (Wildman–Crippen LogP) is 3.04. The normalized spacial score (nSPS) is 35.2. The molecule has 0 aromatic heterocycles. The second kappa shape index (κ2) is 17.7. The van der Waals surface area contributed by atoms with Gasteiger partial charge in [0, 0.05) is 59.0 Å². The van der Waals surface area contributed by atoms with E-state index >= 15 is 0 Å². The van der Waals surface area contributed by atoms with Gasteiger partial charge in [0.2, 0.25) is 7.51 Å². The molecule has 45 heavy (non-hydrogen) atoms. The number of morpholine rings is 4. The van der Waals surface area contributed by atoms with E-state index in [9.17, 15) is 0 Å². The maximum atomic E-state index is 7.12. The lowest BCUT2D eigenvalue weighted by Gasteiger charge is -2.50. The van der Waals surface area contributed by atoms with E-state index in [2.05, 4.69) is 18.7 Å². The Balaban J connectivity index is 1.51. The van der Waals surface area contributed by atoms with Crippen LogP contribution in [0.3, 0.4) is 0 Å². The first-order chi connectivity index (χ1) is 22.2. The Morgan fingerprint density at radius 1 is 0.311 bits per heavy atom. The molecule has 6 heterocycles. The lowest BCUT2D eigenvalue weighted by atomic mass is 10.3. The molecule has 16 nitrogen and oxygen atoms in total. The highest BCUT2D eigenvalue weighted by molar-refractivity contribution is 7.81. The summed E-state index contributed by atoms with van der Waals surface area (Å²) in [6, 6.07) is 0. The van der Waals surface area contributed by atoms with E-state index < -0.39 is 22.7 Å². The van der Waals surface area contributed by atoms with Gasteiger partial charge in [-0.05, 0) is 12.8 Å². The Kier molecular flexibility index (Phi) is 13.8. The lowest BCUT2D eigenvalue weighted by molar-refractivity contribution is 0.00787. The summed E-state index contributed by atoms with van der Waals surface area (Å²) in [7, 11) is -8.77. The third-order valence-corrected chi connectivity index (χ3v) is 19.6. The first-order valence-electron chi connectivity index (χ1n) is 16.5. The summed E-state index contributed by atoms with van der Waals surface area (Å²) in [5, 5.41) is 0. The van der Waals surface area contributed by atoms with E-state index in [-0.39, 0.29) is 0 Å². The number of rotatable bonds is 4. The van der Waals surface area contributed by atoms with Gasteiger partial charge in [-0.25, -0.2) is 18.7 Å². The number of hydrogen-bond acceptors (Lipinski definition) is 16. The topological polar surface area (TPSA) is 133 Å². The third kappa shape index (κ3) is 8.86. The van der Waals surface area contributed by atoms with Crippen molar-refractivity contribution in [2.45, 2.75) is 12.8 Å². The Morgan fingerprint density at radius 3 is 1.18 bits per heavy atom. The number of ether oxygens (including phenoxy) is 7. The van der Waals surface area contributed by atoms with Crippen molar-refractivity contribution in [3.8, 4) is 0 Å². The second-order valence-corrected chi connectivity index (χ2v) is 19.4. The highest BCUT2D eigenvalue weighted by atomic mass is 31.3. The Labute approximate surface area is 267 Å². The Hall–Kier alpha value is 0.170. The van der Waals surface area contributed by atoms with Crippen molar-refractivity contribution in [3.05, 3.63) is 0 Å². The first-order valence-corrected chi connectivity index (χ1v) is 21.2. The average Bonchev–Trinajstić information content (AvgIpc) is 3.11. The molecule has 2 unspecified atom stereocenters. The van der Waals surface area contributed by atoms with Crippen molar-refractivity contribution >= 4 is 22.7 Å². The fraction of sp³-hybridized carbons (Fsp3) is 1.00. The molecule has 2 atom stereocenters. The van der Waals surface area contributed by atoms with Crippen molar-refractivity contribution < 1.29 is 42.2 Å². The van der Waals surface area contributed by atoms with Crippen LogP contribution in [0, 0.1) is 0 Å². The number of hydrogen-bond donors (Lipinski definition) is 0. The number of nitrogens with zero attached hydrogens (tertiary/aromatic N) is 7. The van der Waals surface area contributed by atoms with Crippen LogP contribution in [0.4, 0.5) is 0 Å². The summed E-state index contributed by atoms with van der Waals surface area (Å²) in [6.07, 6.45) is 1.72. The molecule has 6 rings (SSSR count). The van der Waals surface area contributed by atoms with Crippen LogP contribution in [0.25, 0.3) is 0 Å². The van der Waals surface area contributed by atoms with Gasteiger partial charge in [-0.3, -0.25) is 0 Å². The molecule has 0 amide bonds. The van der Waals surface area contributed by atoms with Gasteiger partial charge < -0.3 is 42.2 Å². The minimum absolute atomic E-state index is 0.358. The molecule has 6 aliphatic heterocycles. The van der Waals surface area contributed by atoms with Crippen molar-refractivity contribution in [2.75, 3.05) is 158 Å². The van der Waals surface area contributed by atoms with Gasteiger partial charge in [0.15, 0.2) is 0 Å². The summed E-state index contributed by atoms with van der Waals surface area (Å²) < 4.78 is 82.2. The van der Waals surface area contributed by atoms with Crippen LogP contribution in [0.5, 0.6) is 0 Å². The molecule has 0 aromatic carbocycles. The molecule has 4 fully saturated rings. The lowest BCUT2D eigenvalue weighted by Crippen LogP contribution is -2.44. The van der Waals surface area contributed by atoms with Crippen molar-refractivity contribution in [1.82, 2.24) is 18.7 Å². The second-order valence-electron chi connectivity index (χ2n) is 11.3. The van der Waals surface area contributed by atoms with E-state index in [1.165, 1.54) is 0 Å². The molecular weight excluding hydrogens is 647 g/mol. The highest BCUT2D eigenvalue weighted by Gasteiger charge is 2.50. The molecule has 6 aliphatic rings. The minimum Gasteiger partial charge on any atom is -0.379 e. The maximum absolute atomic E-state index is 7.12. The molecule has 4 saturated heterocycles. The van der Waals surface area contributed by atoms with E-state index in [1.54, 1.807) is 0 Å². The predicted molar refractivity (Wildman–Crippen MR) is 171 cm³/mol. The zero-order valence-electron chi connectivity index (χ0n) is 26.5. The van der Waals surface area contributed by atoms with Gasteiger partial charge in [0.1, 0.15) is 0 Å². The van der Waals surface area contributed by atoms with Gasteiger partial charge in [-0.1, -0.05) is 0 Å². The van der Waals surface area contributed by atoms with Crippen LogP contribution in [0.1, 0.15) is 12.8 Å². The van der Waals surface area contributed by atoms with Gasteiger partial charge >= 0.3 is 0 Å². The van der Waals surface area contributed by atoms with Crippen LogP contribution in [0.15, 0.2) is 13.5 Å². The first kappa shape index (κ1) is 35.0. The quantitative estimate of drug-likeness (QED) is 0.399. The summed E-state index contributed by atoms with van der Waals surface area (Å²) in [5.74, 6) is 0. The molecule has 0 aromatic rings. The summed E-state index contributed by atoms with van der Waals surface area (Å²) >= 11 is 0. The van der Waals surface area contributed by atoms with E-state index in [0.717, 1.165) is 39.0 Å². The average molecular weight is 700 g/mol. The molecule has 0 aliphatic carbocycles. The van der Waals surface area contributed by atoms with Crippen LogP contribution in [0.2, 0.25) is 0 Å². The Bertz CT molecular complexity index is 1020. The number of fused-ring (bicyclic) bond motifs is 1. The largest absolute Gasteiger partial charge is 0.379 e. The fourth-order valence-corrected chi connectivity index (χ4v) is 19.6. The smallest absolute Gasteiger partial charge is 0.283 e. The minimum atomic E-state index is -3.01. The van der Waals surface area contributed by atoms with E-state index in [4.69, 9.17) is 55.8 Å². The van der Waals surface area contributed by atoms with E-state index in [0.29, 0.717) is 132 Å². The van der Waals surface area contributed by atoms with Crippen molar-refractivity contribution in [2.24, 2.45) is 13.5 Å². The van der Waals surface area contributed by atoms with Gasteiger partial charge in [0.25, 0.3) is 15.2 Å².